The molecule has 0 spiro atoms. The van der Waals surface area contributed by atoms with E-state index in [-0.39, 0.29) is 11.9 Å². The van der Waals surface area contributed by atoms with Crippen LogP contribution in [0.3, 0.4) is 0 Å². The van der Waals surface area contributed by atoms with Crippen LogP contribution in [0.5, 0.6) is 5.75 Å². The van der Waals surface area contributed by atoms with Crippen LogP contribution in [-0.4, -0.2) is 37.7 Å². The van der Waals surface area contributed by atoms with Gasteiger partial charge in [-0.25, -0.2) is 0 Å². The lowest BCUT2D eigenvalue weighted by Crippen LogP contribution is -2.43. The highest BCUT2D eigenvalue weighted by atomic mass is 16.5. The van der Waals surface area contributed by atoms with Crippen molar-refractivity contribution in [2.75, 3.05) is 26.9 Å². The minimum atomic E-state index is -0.129. The number of rotatable bonds is 5. The fraction of sp³-hybridized carbons (Fsp3) is 0.421. The molecule has 1 aromatic heterocycles. The zero-order valence-electron chi connectivity index (χ0n) is 14.2. The maximum absolute atomic E-state index is 12.7. The molecule has 1 atom stereocenters. The third-order valence-corrected chi connectivity index (χ3v) is 4.32. The van der Waals surface area contributed by atoms with E-state index in [0.717, 1.165) is 22.8 Å². The maximum Gasteiger partial charge on any atom is 0.223 e. The number of amides is 1. The Morgan fingerprint density at radius 2 is 2.04 bits per heavy atom. The van der Waals surface area contributed by atoms with E-state index in [2.05, 4.69) is 0 Å². The standard InChI is InChI=1S/C19H23NO4/c1-14-3-9-18(24-14)17-13-23-12-11-20(17)19(21)10-6-15-4-7-16(22-2)8-5-15/h3-5,7-9,17H,6,10-13H2,1-2H3/t17-/m0/s1. The first-order valence-corrected chi connectivity index (χ1v) is 8.24. The third-order valence-electron chi connectivity index (χ3n) is 4.32. The zero-order valence-corrected chi connectivity index (χ0v) is 14.2. The van der Waals surface area contributed by atoms with Gasteiger partial charge < -0.3 is 18.8 Å². The van der Waals surface area contributed by atoms with Crippen molar-refractivity contribution in [3.8, 4) is 5.75 Å². The van der Waals surface area contributed by atoms with Crippen molar-refractivity contribution in [2.45, 2.75) is 25.8 Å². The third kappa shape index (κ3) is 3.79. The molecule has 1 fully saturated rings. The Balaban J connectivity index is 1.63. The summed E-state index contributed by atoms with van der Waals surface area (Å²) in [6.07, 6.45) is 1.19. The maximum atomic E-state index is 12.7. The van der Waals surface area contributed by atoms with Gasteiger partial charge in [0.2, 0.25) is 5.91 Å². The van der Waals surface area contributed by atoms with Crippen molar-refractivity contribution in [3.63, 3.8) is 0 Å². The number of methoxy groups -OCH3 is 1. The van der Waals surface area contributed by atoms with Crippen LogP contribution in [0.1, 0.15) is 29.5 Å². The SMILES string of the molecule is COc1ccc(CCC(=O)N2CCOC[C@H]2c2ccc(C)o2)cc1. The summed E-state index contributed by atoms with van der Waals surface area (Å²) in [5, 5.41) is 0. The number of hydrogen-bond donors (Lipinski definition) is 0. The summed E-state index contributed by atoms with van der Waals surface area (Å²) >= 11 is 0. The van der Waals surface area contributed by atoms with Crippen LogP contribution < -0.4 is 4.74 Å². The molecule has 1 aliphatic heterocycles. The highest BCUT2D eigenvalue weighted by Crippen LogP contribution is 2.26. The second kappa shape index (κ2) is 7.53. The first-order valence-electron chi connectivity index (χ1n) is 8.24. The topological polar surface area (TPSA) is 51.9 Å². The van der Waals surface area contributed by atoms with Crippen molar-refractivity contribution >= 4 is 5.91 Å². The Morgan fingerprint density at radius 3 is 2.71 bits per heavy atom. The Kier molecular flexibility index (Phi) is 5.20. The summed E-state index contributed by atoms with van der Waals surface area (Å²) < 4.78 is 16.4. The highest BCUT2D eigenvalue weighted by Gasteiger charge is 2.30. The van der Waals surface area contributed by atoms with Crippen molar-refractivity contribution in [1.82, 2.24) is 4.90 Å². The zero-order chi connectivity index (χ0) is 16.9. The van der Waals surface area contributed by atoms with Gasteiger partial charge in [-0.05, 0) is 43.2 Å². The number of carbonyl (C=O) groups excluding carboxylic acids is 1. The number of hydrogen-bond acceptors (Lipinski definition) is 4. The molecule has 0 N–H and O–H groups in total. The van der Waals surface area contributed by atoms with E-state index in [1.165, 1.54) is 0 Å². The molecule has 0 bridgehead atoms. The van der Waals surface area contributed by atoms with Crippen LogP contribution in [0.15, 0.2) is 40.8 Å². The summed E-state index contributed by atoms with van der Waals surface area (Å²) in [6.45, 7) is 3.57. The fourth-order valence-corrected chi connectivity index (χ4v) is 2.96. The van der Waals surface area contributed by atoms with Crippen LogP contribution in [-0.2, 0) is 16.0 Å². The lowest BCUT2D eigenvalue weighted by atomic mass is 10.1. The van der Waals surface area contributed by atoms with E-state index in [9.17, 15) is 4.79 Å². The number of aryl methyl sites for hydroxylation is 2. The summed E-state index contributed by atoms with van der Waals surface area (Å²) in [7, 11) is 1.65. The predicted molar refractivity (Wildman–Crippen MR) is 90.0 cm³/mol. The quantitative estimate of drug-likeness (QED) is 0.846. The van der Waals surface area contributed by atoms with Crippen LogP contribution in [0.4, 0.5) is 0 Å². The number of ether oxygens (including phenoxy) is 2. The van der Waals surface area contributed by atoms with Crippen LogP contribution in [0.2, 0.25) is 0 Å². The van der Waals surface area contributed by atoms with Gasteiger partial charge in [-0.2, -0.15) is 0 Å². The first-order chi connectivity index (χ1) is 11.7. The molecule has 2 heterocycles. The monoisotopic (exact) mass is 329 g/mol. The van der Waals surface area contributed by atoms with E-state index in [1.54, 1.807) is 7.11 Å². The summed E-state index contributed by atoms with van der Waals surface area (Å²) in [4.78, 5) is 14.6. The van der Waals surface area contributed by atoms with Crippen molar-refractivity contribution in [2.24, 2.45) is 0 Å². The lowest BCUT2D eigenvalue weighted by molar-refractivity contribution is -0.141. The van der Waals surface area contributed by atoms with E-state index in [1.807, 2.05) is 48.2 Å². The summed E-state index contributed by atoms with van der Waals surface area (Å²) in [5.74, 6) is 2.60. The molecule has 1 saturated heterocycles. The minimum Gasteiger partial charge on any atom is -0.497 e. The van der Waals surface area contributed by atoms with Crippen molar-refractivity contribution in [3.05, 3.63) is 53.5 Å². The van der Waals surface area contributed by atoms with Gasteiger partial charge in [0, 0.05) is 13.0 Å². The van der Waals surface area contributed by atoms with Crippen LogP contribution in [0, 0.1) is 6.92 Å². The predicted octanol–water partition coefficient (Wildman–Crippen LogP) is 3.13. The molecule has 0 unspecified atom stereocenters. The van der Waals surface area contributed by atoms with Gasteiger partial charge in [0.25, 0.3) is 0 Å². The molecule has 24 heavy (non-hydrogen) atoms. The van der Waals surface area contributed by atoms with Gasteiger partial charge in [0.1, 0.15) is 23.3 Å². The van der Waals surface area contributed by atoms with E-state index >= 15 is 0 Å². The molecule has 0 saturated carbocycles. The summed E-state index contributed by atoms with van der Waals surface area (Å²) in [6, 6.07) is 11.6. The van der Waals surface area contributed by atoms with E-state index in [0.29, 0.717) is 32.6 Å². The Bertz CT molecular complexity index is 677. The molecule has 1 amide bonds. The first kappa shape index (κ1) is 16.6. The van der Waals surface area contributed by atoms with Gasteiger partial charge in [-0.15, -0.1) is 0 Å². The molecular weight excluding hydrogens is 306 g/mol. The lowest BCUT2D eigenvalue weighted by Gasteiger charge is -2.34. The molecule has 128 valence electrons. The number of morpholine rings is 1. The molecular formula is C19H23NO4. The fourth-order valence-electron chi connectivity index (χ4n) is 2.96. The summed E-state index contributed by atoms with van der Waals surface area (Å²) in [5.41, 5.74) is 1.13. The van der Waals surface area contributed by atoms with Crippen molar-refractivity contribution < 1.29 is 18.7 Å². The Hall–Kier alpha value is -2.27. The average molecular weight is 329 g/mol. The van der Waals surface area contributed by atoms with Gasteiger partial charge in [0.15, 0.2) is 0 Å². The average Bonchev–Trinajstić information content (AvgIpc) is 3.06. The number of furan rings is 1. The molecule has 3 rings (SSSR count). The number of carbonyl (C=O) groups is 1. The molecule has 1 aromatic carbocycles. The smallest absolute Gasteiger partial charge is 0.223 e. The number of nitrogens with zero attached hydrogens (tertiary/aromatic N) is 1. The second-order valence-electron chi connectivity index (χ2n) is 5.97. The second-order valence-corrected chi connectivity index (χ2v) is 5.97. The Morgan fingerprint density at radius 1 is 1.25 bits per heavy atom. The largest absolute Gasteiger partial charge is 0.497 e. The molecule has 2 aromatic rings. The van der Waals surface area contributed by atoms with Gasteiger partial charge in [-0.1, -0.05) is 12.1 Å². The minimum absolute atomic E-state index is 0.129. The van der Waals surface area contributed by atoms with E-state index in [4.69, 9.17) is 13.9 Å². The highest BCUT2D eigenvalue weighted by molar-refractivity contribution is 5.77. The molecule has 0 radical (unpaired) electrons. The normalized spacial score (nSPS) is 17.8. The molecule has 1 aliphatic rings. The van der Waals surface area contributed by atoms with Gasteiger partial charge in [-0.3, -0.25) is 4.79 Å². The Labute approximate surface area is 142 Å². The molecule has 5 nitrogen and oxygen atoms in total. The van der Waals surface area contributed by atoms with Crippen LogP contribution >= 0.6 is 0 Å². The van der Waals surface area contributed by atoms with Crippen molar-refractivity contribution in [1.29, 1.82) is 0 Å². The molecule has 0 aliphatic carbocycles. The van der Waals surface area contributed by atoms with Gasteiger partial charge >= 0.3 is 0 Å². The number of benzene rings is 1. The van der Waals surface area contributed by atoms with Crippen LogP contribution in [0.25, 0.3) is 0 Å². The van der Waals surface area contributed by atoms with Gasteiger partial charge in [0.05, 0.1) is 20.3 Å². The molecule has 5 heteroatoms. The van der Waals surface area contributed by atoms with E-state index < -0.39 is 0 Å².